The molecule has 5 heteroatoms. The summed E-state index contributed by atoms with van der Waals surface area (Å²) in [5.74, 6) is -5.20. The van der Waals surface area contributed by atoms with E-state index < -0.39 is 29.3 Å². The molecule has 76 valence electrons. The van der Waals surface area contributed by atoms with Gasteiger partial charge in [-0.05, 0) is 13.0 Å². The number of benzene rings is 1. The van der Waals surface area contributed by atoms with Gasteiger partial charge in [-0.1, -0.05) is 0 Å². The highest BCUT2D eigenvalue weighted by Crippen LogP contribution is 2.25. The molecule has 14 heavy (non-hydrogen) atoms. The number of aliphatic carboxylic acids is 1. The lowest BCUT2D eigenvalue weighted by Gasteiger charge is -2.08. The van der Waals surface area contributed by atoms with E-state index in [2.05, 4.69) is 0 Å². The molecular formula is C9H8F2O3. The molecule has 0 amide bonds. The van der Waals surface area contributed by atoms with Gasteiger partial charge in [0, 0.05) is 11.6 Å². The molecule has 0 bridgehead atoms. The summed E-state index contributed by atoms with van der Waals surface area (Å²) in [6.45, 7) is 1.23. The Morgan fingerprint density at radius 1 is 1.36 bits per heavy atom. The van der Waals surface area contributed by atoms with Gasteiger partial charge in [0.1, 0.15) is 5.82 Å². The van der Waals surface area contributed by atoms with Crippen LogP contribution in [-0.4, -0.2) is 16.2 Å². The summed E-state index contributed by atoms with van der Waals surface area (Å²) in [4.78, 5) is 10.5. The molecule has 0 aliphatic rings. The Morgan fingerprint density at radius 2 is 1.93 bits per heavy atom. The third kappa shape index (κ3) is 1.81. The molecule has 0 fully saturated rings. The van der Waals surface area contributed by atoms with Crippen LogP contribution >= 0.6 is 0 Å². The van der Waals surface area contributed by atoms with Crippen LogP contribution in [0, 0.1) is 11.6 Å². The van der Waals surface area contributed by atoms with Gasteiger partial charge in [0.05, 0.1) is 5.92 Å². The zero-order valence-corrected chi connectivity index (χ0v) is 7.29. The smallest absolute Gasteiger partial charge is 0.310 e. The third-order valence-corrected chi connectivity index (χ3v) is 1.90. The van der Waals surface area contributed by atoms with Crippen molar-refractivity contribution in [2.24, 2.45) is 0 Å². The van der Waals surface area contributed by atoms with E-state index in [9.17, 15) is 13.6 Å². The number of hydrogen-bond donors (Lipinski definition) is 2. The van der Waals surface area contributed by atoms with Gasteiger partial charge in [-0.15, -0.1) is 0 Å². The lowest BCUT2D eigenvalue weighted by atomic mass is 10.0. The fraction of sp³-hybridized carbons (Fsp3) is 0.222. The van der Waals surface area contributed by atoms with E-state index in [0.29, 0.717) is 12.1 Å². The van der Waals surface area contributed by atoms with Crippen molar-refractivity contribution in [3.8, 4) is 5.75 Å². The topological polar surface area (TPSA) is 57.5 Å². The molecule has 0 radical (unpaired) electrons. The number of hydrogen-bond acceptors (Lipinski definition) is 2. The number of rotatable bonds is 2. The molecule has 1 aromatic carbocycles. The molecule has 0 saturated heterocycles. The second-order valence-corrected chi connectivity index (χ2v) is 2.89. The maximum atomic E-state index is 13.1. The standard InChI is InChI=1S/C9H8F2O3/c1-4(9(13)14)5-2-7(11)8(12)3-6(5)10/h2-4,12H,1H3,(H,13,14). The van der Waals surface area contributed by atoms with Crippen molar-refractivity contribution in [2.45, 2.75) is 12.8 Å². The van der Waals surface area contributed by atoms with Crippen LogP contribution in [0.1, 0.15) is 18.4 Å². The van der Waals surface area contributed by atoms with Gasteiger partial charge in [0.15, 0.2) is 11.6 Å². The van der Waals surface area contributed by atoms with Crippen LogP contribution in [0.4, 0.5) is 8.78 Å². The Kier molecular flexibility index (Phi) is 2.69. The normalized spacial score (nSPS) is 12.5. The minimum atomic E-state index is -1.26. The number of phenols is 1. The van der Waals surface area contributed by atoms with Gasteiger partial charge >= 0.3 is 5.97 Å². The number of phenolic OH excluding ortho intramolecular Hbond substituents is 1. The Morgan fingerprint density at radius 3 is 2.43 bits per heavy atom. The first kappa shape index (κ1) is 10.4. The van der Waals surface area contributed by atoms with E-state index in [0.717, 1.165) is 0 Å². The second-order valence-electron chi connectivity index (χ2n) is 2.89. The number of carbonyl (C=O) groups is 1. The van der Waals surface area contributed by atoms with E-state index in [4.69, 9.17) is 10.2 Å². The van der Waals surface area contributed by atoms with E-state index in [1.807, 2.05) is 0 Å². The summed E-state index contributed by atoms with van der Waals surface area (Å²) in [6.07, 6.45) is 0. The van der Waals surface area contributed by atoms with E-state index in [-0.39, 0.29) is 5.56 Å². The molecule has 0 saturated carbocycles. The average molecular weight is 202 g/mol. The first-order valence-corrected chi connectivity index (χ1v) is 3.84. The predicted octanol–water partition coefficient (Wildman–Crippen LogP) is 1.86. The van der Waals surface area contributed by atoms with Gasteiger partial charge in [-0.25, -0.2) is 8.78 Å². The van der Waals surface area contributed by atoms with Crippen molar-refractivity contribution in [3.05, 3.63) is 29.3 Å². The van der Waals surface area contributed by atoms with Crippen LogP contribution in [0.5, 0.6) is 5.75 Å². The highest BCUT2D eigenvalue weighted by Gasteiger charge is 2.20. The third-order valence-electron chi connectivity index (χ3n) is 1.90. The largest absolute Gasteiger partial charge is 0.505 e. The molecule has 0 aliphatic heterocycles. The number of halogens is 2. The first-order chi connectivity index (χ1) is 6.43. The Hall–Kier alpha value is -1.65. The molecular weight excluding hydrogens is 194 g/mol. The summed E-state index contributed by atoms with van der Waals surface area (Å²) in [7, 11) is 0. The number of carboxylic acid groups (broad SMARTS) is 1. The average Bonchev–Trinajstić information content (AvgIpc) is 2.10. The van der Waals surface area contributed by atoms with Crippen LogP contribution in [0.2, 0.25) is 0 Å². The van der Waals surface area contributed by atoms with Crippen molar-refractivity contribution < 1.29 is 23.8 Å². The Labute approximate surface area is 78.6 Å². The molecule has 0 aromatic heterocycles. The highest BCUT2D eigenvalue weighted by atomic mass is 19.1. The molecule has 1 atom stereocenters. The van der Waals surface area contributed by atoms with Crippen LogP contribution in [-0.2, 0) is 4.79 Å². The zero-order chi connectivity index (χ0) is 10.9. The summed E-state index contributed by atoms with van der Waals surface area (Å²) >= 11 is 0. The molecule has 1 rings (SSSR count). The fourth-order valence-corrected chi connectivity index (χ4v) is 1.02. The van der Waals surface area contributed by atoms with Gasteiger partial charge in [0.2, 0.25) is 0 Å². The molecule has 0 aliphatic carbocycles. The van der Waals surface area contributed by atoms with Crippen LogP contribution in [0.3, 0.4) is 0 Å². The minimum Gasteiger partial charge on any atom is -0.505 e. The summed E-state index contributed by atoms with van der Waals surface area (Å²) in [5.41, 5.74) is -0.284. The lowest BCUT2D eigenvalue weighted by molar-refractivity contribution is -0.138. The molecule has 0 heterocycles. The van der Waals surface area contributed by atoms with Gasteiger partial charge in [-0.2, -0.15) is 0 Å². The van der Waals surface area contributed by atoms with Crippen molar-refractivity contribution >= 4 is 5.97 Å². The van der Waals surface area contributed by atoms with E-state index >= 15 is 0 Å². The van der Waals surface area contributed by atoms with Gasteiger partial charge in [0.25, 0.3) is 0 Å². The van der Waals surface area contributed by atoms with Crippen LogP contribution in [0.15, 0.2) is 12.1 Å². The summed E-state index contributed by atoms with van der Waals surface area (Å²) in [5, 5.41) is 17.4. The SMILES string of the molecule is CC(C(=O)O)c1cc(F)c(O)cc1F. The van der Waals surface area contributed by atoms with Crippen LogP contribution in [0.25, 0.3) is 0 Å². The van der Waals surface area contributed by atoms with Crippen molar-refractivity contribution in [2.75, 3.05) is 0 Å². The number of carboxylic acids is 1. The minimum absolute atomic E-state index is 0.284. The second kappa shape index (κ2) is 3.61. The quantitative estimate of drug-likeness (QED) is 0.769. The lowest BCUT2D eigenvalue weighted by Crippen LogP contribution is -2.09. The molecule has 2 N–H and O–H groups in total. The van der Waals surface area contributed by atoms with Gasteiger partial charge < -0.3 is 10.2 Å². The summed E-state index contributed by atoms with van der Waals surface area (Å²) in [6, 6.07) is 1.24. The van der Waals surface area contributed by atoms with Crippen molar-refractivity contribution in [1.82, 2.24) is 0 Å². The monoisotopic (exact) mass is 202 g/mol. The first-order valence-electron chi connectivity index (χ1n) is 3.84. The van der Waals surface area contributed by atoms with Gasteiger partial charge in [-0.3, -0.25) is 4.79 Å². The maximum absolute atomic E-state index is 13.1. The Balaban J connectivity index is 3.22. The highest BCUT2D eigenvalue weighted by molar-refractivity contribution is 5.75. The Bertz CT molecular complexity index is 377. The fourth-order valence-electron chi connectivity index (χ4n) is 1.02. The van der Waals surface area contributed by atoms with Crippen molar-refractivity contribution in [3.63, 3.8) is 0 Å². The molecule has 1 aromatic rings. The summed E-state index contributed by atoms with van der Waals surface area (Å²) < 4.78 is 25.8. The zero-order valence-electron chi connectivity index (χ0n) is 7.29. The maximum Gasteiger partial charge on any atom is 0.310 e. The number of aromatic hydroxyl groups is 1. The van der Waals surface area contributed by atoms with E-state index in [1.165, 1.54) is 6.92 Å². The predicted molar refractivity (Wildman–Crippen MR) is 44.1 cm³/mol. The molecule has 3 nitrogen and oxygen atoms in total. The molecule has 0 spiro atoms. The molecule has 1 unspecified atom stereocenters. The van der Waals surface area contributed by atoms with Crippen molar-refractivity contribution in [1.29, 1.82) is 0 Å². The van der Waals surface area contributed by atoms with E-state index in [1.54, 1.807) is 0 Å². The van der Waals surface area contributed by atoms with Crippen LogP contribution < -0.4 is 0 Å².